The van der Waals surface area contributed by atoms with Crippen LogP contribution in [0.4, 0.5) is 0 Å². The van der Waals surface area contributed by atoms with Gasteiger partial charge in [-0.2, -0.15) is 0 Å². The van der Waals surface area contributed by atoms with Crippen LogP contribution in [0.1, 0.15) is 12.8 Å². The van der Waals surface area contributed by atoms with E-state index in [4.69, 9.17) is 19.4 Å². The van der Waals surface area contributed by atoms with Gasteiger partial charge in [0.05, 0.1) is 32.5 Å². The highest BCUT2D eigenvalue weighted by molar-refractivity contribution is 7.22. The number of benzene rings is 6. The summed E-state index contributed by atoms with van der Waals surface area (Å²) >= 11 is 1.80. The van der Waals surface area contributed by atoms with Crippen molar-refractivity contribution in [3.8, 4) is 33.2 Å². The molecule has 51 heavy (non-hydrogen) atoms. The zero-order chi connectivity index (χ0) is 33.2. The largest absolute Gasteiger partial charge is 0.455 e. The number of furan rings is 1. The van der Waals surface area contributed by atoms with Crippen molar-refractivity contribution in [1.82, 2.24) is 19.4 Å². The van der Waals surface area contributed by atoms with Crippen molar-refractivity contribution in [2.45, 2.75) is 12.8 Å². The van der Waals surface area contributed by atoms with Gasteiger partial charge in [-0.1, -0.05) is 91.0 Å². The zero-order valence-corrected chi connectivity index (χ0v) is 28.0. The molecule has 0 saturated carbocycles. The highest BCUT2D eigenvalue weighted by Crippen LogP contribution is 2.42. The van der Waals surface area contributed by atoms with Crippen molar-refractivity contribution in [1.29, 1.82) is 0 Å². The van der Waals surface area contributed by atoms with E-state index in [-0.39, 0.29) is 0 Å². The van der Waals surface area contributed by atoms with Gasteiger partial charge in [-0.25, -0.2) is 15.0 Å². The molecule has 6 heteroatoms. The monoisotopic (exact) mass is 670 g/mol. The molecule has 11 aromatic rings. The van der Waals surface area contributed by atoms with E-state index in [2.05, 4.69) is 120 Å². The van der Waals surface area contributed by atoms with Gasteiger partial charge >= 0.3 is 0 Å². The Labute approximate surface area is 294 Å². The van der Waals surface area contributed by atoms with Gasteiger partial charge in [-0.05, 0) is 55.3 Å². The first-order valence-electron chi connectivity index (χ1n) is 17.3. The maximum atomic E-state index is 6.49. The topological polar surface area (TPSA) is 56.2 Å². The Morgan fingerprint density at radius 1 is 0.608 bits per heavy atom. The molecule has 0 spiro atoms. The number of para-hydroxylation sites is 3. The van der Waals surface area contributed by atoms with Crippen molar-refractivity contribution in [3.05, 3.63) is 132 Å². The van der Waals surface area contributed by atoms with Crippen molar-refractivity contribution in [2.75, 3.05) is 0 Å². The molecule has 0 unspecified atom stereocenters. The molecule has 5 heterocycles. The van der Waals surface area contributed by atoms with E-state index in [0.717, 1.165) is 78.6 Å². The van der Waals surface area contributed by atoms with Crippen molar-refractivity contribution < 1.29 is 4.42 Å². The minimum absolute atomic E-state index is 0.690. The third-order valence-electron chi connectivity index (χ3n) is 10.6. The maximum absolute atomic E-state index is 6.49. The number of nitrogens with zero attached hydrogens (tertiary/aromatic N) is 4. The summed E-state index contributed by atoms with van der Waals surface area (Å²) in [5, 5.41) is 10.6. The average molecular weight is 671 g/mol. The molecule has 0 fully saturated rings. The van der Waals surface area contributed by atoms with Gasteiger partial charge in [0.1, 0.15) is 16.2 Å². The Morgan fingerprint density at radius 2 is 1.43 bits per heavy atom. The van der Waals surface area contributed by atoms with Gasteiger partial charge in [0, 0.05) is 59.6 Å². The molecule has 5 aromatic heterocycles. The molecule has 1 aliphatic carbocycles. The molecular formula is C45H26N4OS. The van der Waals surface area contributed by atoms with E-state index in [9.17, 15) is 0 Å². The highest BCUT2D eigenvalue weighted by atomic mass is 32.1. The first kappa shape index (κ1) is 27.5. The molecule has 12 rings (SSSR count). The van der Waals surface area contributed by atoms with Crippen LogP contribution in [0.25, 0.3) is 116 Å². The lowest BCUT2D eigenvalue weighted by Crippen LogP contribution is -2.27. The first-order valence-corrected chi connectivity index (χ1v) is 18.2. The normalized spacial score (nSPS) is 13.3. The highest BCUT2D eigenvalue weighted by Gasteiger charge is 2.23. The smallest absolute Gasteiger partial charge is 0.160 e. The molecule has 0 amide bonds. The quantitative estimate of drug-likeness (QED) is 0.188. The minimum Gasteiger partial charge on any atom is -0.455 e. The minimum atomic E-state index is 0.690. The second-order valence-corrected chi connectivity index (χ2v) is 14.4. The van der Waals surface area contributed by atoms with Crippen LogP contribution in [0.15, 0.2) is 126 Å². The van der Waals surface area contributed by atoms with Crippen molar-refractivity contribution in [2.24, 2.45) is 0 Å². The fourth-order valence-electron chi connectivity index (χ4n) is 8.35. The lowest BCUT2D eigenvalue weighted by Gasteiger charge is -2.10. The SMILES string of the molecule is C1=c2c(n3c4ccc(-c5nc(-c6cccc7c6oc6ccccc67)c6ccccc6n5)cc4c4cc5nc(-c6ccccc6)sc5c2c43)=CCC1. The van der Waals surface area contributed by atoms with E-state index in [1.165, 1.54) is 42.5 Å². The van der Waals surface area contributed by atoms with Crippen LogP contribution < -0.4 is 10.6 Å². The van der Waals surface area contributed by atoms with Crippen LogP contribution in [0.3, 0.4) is 0 Å². The summed E-state index contributed by atoms with van der Waals surface area (Å²) in [6.07, 6.45) is 6.92. The predicted octanol–water partition coefficient (Wildman–Crippen LogP) is 10.5. The Hall–Kier alpha value is -6.37. The molecule has 0 radical (unpaired) electrons. The zero-order valence-electron chi connectivity index (χ0n) is 27.2. The molecule has 0 aliphatic heterocycles. The first-order chi connectivity index (χ1) is 25.3. The lowest BCUT2D eigenvalue weighted by atomic mass is 10.0. The number of aromatic nitrogens is 4. The lowest BCUT2D eigenvalue weighted by molar-refractivity contribution is 0.670. The number of hydrogen-bond acceptors (Lipinski definition) is 5. The molecule has 1 aliphatic rings. The van der Waals surface area contributed by atoms with E-state index >= 15 is 0 Å². The Morgan fingerprint density at radius 3 is 2.37 bits per heavy atom. The Balaban J connectivity index is 1.13. The van der Waals surface area contributed by atoms with Crippen LogP contribution >= 0.6 is 11.3 Å². The average Bonchev–Trinajstić information content (AvgIpc) is 3.95. The summed E-state index contributed by atoms with van der Waals surface area (Å²) in [7, 11) is 0. The standard InChI is InChI=1S/C45H26N4OS/c1-2-11-25(12-3-1)45-47-35-24-33-32-23-26(21-22-37(32)49-36-19-8-5-15-30(36)39(41(33)49)43(35)51-45)44-46-34-18-7-4-14-29(34)40(48-44)31-17-10-16-28-27-13-6-9-20-38(27)50-42(28)31/h1-4,6-7,9-24H,5,8H2. The van der Waals surface area contributed by atoms with Gasteiger partial charge in [-0.15, -0.1) is 11.3 Å². The molecule has 5 nitrogen and oxygen atoms in total. The number of hydrogen-bond donors (Lipinski definition) is 0. The molecule has 0 N–H and O–H groups in total. The van der Waals surface area contributed by atoms with E-state index < -0.39 is 0 Å². The van der Waals surface area contributed by atoms with E-state index in [1.807, 2.05) is 18.2 Å². The Kier molecular flexibility index (Phi) is 5.43. The number of thiazole rings is 1. The molecular weight excluding hydrogens is 645 g/mol. The molecule has 0 atom stereocenters. The van der Waals surface area contributed by atoms with Crippen molar-refractivity contribution in [3.63, 3.8) is 0 Å². The van der Waals surface area contributed by atoms with E-state index in [0.29, 0.717) is 5.82 Å². The second kappa shape index (κ2) is 10.1. The summed E-state index contributed by atoms with van der Waals surface area (Å²) in [6.45, 7) is 0. The number of rotatable bonds is 3. The van der Waals surface area contributed by atoms with Crippen LogP contribution in [-0.2, 0) is 0 Å². The summed E-state index contributed by atoms with van der Waals surface area (Å²) in [4.78, 5) is 15.7. The molecule has 238 valence electrons. The molecule has 0 bridgehead atoms. The van der Waals surface area contributed by atoms with Gasteiger partial charge in [0.15, 0.2) is 5.82 Å². The Bertz CT molecular complexity index is 3370. The maximum Gasteiger partial charge on any atom is 0.160 e. The second-order valence-electron chi connectivity index (χ2n) is 13.4. The third-order valence-corrected chi connectivity index (χ3v) is 11.7. The molecule has 0 saturated heterocycles. The fourth-order valence-corrected chi connectivity index (χ4v) is 9.46. The summed E-state index contributed by atoms with van der Waals surface area (Å²) in [6, 6.07) is 42.4. The van der Waals surface area contributed by atoms with E-state index in [1.54, 1.807) is 11.3 Å². The third kappa shape index (κ3) is 3.77. The van der Waals surface area contributed by atoms with Crippen LogP contribution in [0, 0.1) is 0 Å². The fraction of sp³-hybridized carbons (Fsp3) is 0.0444. The summed E-state index contributed by atoms with van der Waals surface area (Å²) in [5.41, 5.74) is 10.1. The summed E-state index contributed by atoms with van der Waals surface area (Å²) < 4.78 is 10.2. The number of fused-ring (bicyclic) bond motifs is 12. The summed E-state index contributed by atoms with van der Waals surface area (Å²) in [5.74, 6) is 0.690. The van der Waals surface area contributed by atoms with Crippen LogP contribution in [-0.4, -0.2) is 19.4 Å². The van der Waals surface area contributed by atoms with Gasteiger partial charge in [-0.3, -0.25) is 0 Å². The van der Waals surface area contributed by atoms with Crippen molar-refractivity contribution >= 4 is 93.7 Å². The van der Waals surface area contributed by atoms with Crippen LogP contribution in [0.2, 0.25) is 0 Å². The van der Waals surface area contributed by atoms with Gasteiger partial charge in [0.25, 0.3) is 0 Å². The predicted molar refractivity (Wildman–Crippen MR) is 211 cm³/mol. The van der Waals surface area contributed by atoms with Gasteiger partial charge in [0.2, 0.25) is 0 Å². The molecule has 6 aromatic carbocycles. The van der Waals surface area contributed by atoms with Gasteiger partial charge < -0.3 is 8.82 Å². The van der Waals surface area contributed by atoms with Crippen LogP contribution in [0.5, 0.6) is 0 Å².